The molecule has 88 heavy (non-hydrogen) atoms. The Kier molecular flexibility index (Phi) is 13.4. The molecule has 4 aliphatic rings. The summed E-state index contributed by atoms with van der Waals surface area (Å²) in [6.07, 6.45) is 0. The van der Waals surface area contributed by atoms with Gasteiger partial charge in [-0.1, -0.05) is 72.8 Å². The molecule has 10 heteroatoms. The summed E-state index contributed by atoms with van der Waals surface area (Å²) in [5.41, 5.74) is 28.5. The number of ether oxygens (including phenoxy) is 2. The molecule has 15 rings (SSSR count). The van der Waals surface area contributed by atoms with E-state index in [0.717, 1.165) is 79.9 Å². The van der Waals surface area contributed by atoms with E-state index < -0.39 is 0 Å². The van der Waals surface area contributed by atoms with Gasteiger partial charge in [0.05, 0.1) is 45.5 Å². The lowest BCUT2D eigenvalue weighted by Crippen LogP contribution is -2.25. The number of hydrogen-bond donors (Lipinski definition) is 0. The van der Waals surface area contributed by atoms with Crippen molar-refractivity contribution in [3.63, 3.8) is 0 Å². The van der Waals surface area contributed by atoms with Crippen molar-refractivity contribution in [2.45, 2.75) is 55.4 Å². The Labute approximate surface area is 517 Å². The summed E-state index contributed by atoms with van der Waals surface area (Å²) < 4.78 is 13.5. The largest absolute Gasteiger partial charge is 0.457 e. The lowest BCUT2D eigenvalue weighted by Gasteiger charge is -2.25. The van der Waals surface area contributed by atoms with Crippen LogP contribution in [-0.4, -0.2) is 26.7 Å². The molecule has 0 saturated carbocycles. The third kappa shape index (κ3) is 9.71. The van der Waals surface area contributed by atoms with Gasteiger partial charge in [-0.05, 0) is 233 Å². The van der Waals surface area contributed by atoms with Gasteiger partial charge in [-0.3, -0.25) is 0 Å². The van der Waals surface area contributed by atoms with Gasteiger partial charge in [0, 0.05) is 69.8 Å². The first-order valence-electron chi connectivity index (χ1n) is 30.5. The molecule has 0 fully saturated rings. The second-order valence-electron chi connectivity index (χ2n) is 24.1. The number of para-hydroxylation sites is 4. The summed E-state index contributed by atoms with van der Waals surface area (Å²) in [5.74, 6) is 3.13. The van der Waals surface area contributed by atoms with Crippen molar-refractivity contribution < 1.29 is 9.47 Å². The van der Waals surface area contributed by atoms with E-state index in [4.69, 9.17) is 9.47 Å². The molecule has 0 radical (unpaired) electrons. The van der Waals surface area contributed by atoms with E-state index in [1.54, 1.807) is 0 Å². The maximum Gasteiger partial charge on any atom is 0.129 e. The Hall–Kier alpha value is -10.6. The highest BCUT2D eigenvalue weighted by Crippen LogP contribution is 2.51. The van der Waals surface area contributed by atoms with Crippen LogP contribution in [0.3, 0.4) is 0 Å². The summed E-state index contributed by atoms with van der Waals surface area (Å²) in [6, 6.07) is 83.0. The predicted octanol–water partition coefficient (Wildman–Crippen LogP) is 20.7. The molecule has 0 bridgehead atoms. The van der Waals surface area contributed by atoms with Gasteiger partial charge in [0.25, 0.3) is 0 Å². The molecule has 0 saturated heterocycles. The summed E-state index contributed by atoms with van der Waals surface area (Å²) in [5, 5.41) is 0. The van der Waals surface area contributed by atoms with Crippen LogP contribution in [0.25, 0.3) is 0 Å². The molecule has 11 aromatic rings. The Morgan fingerprint density at radius 1 is 0.205 bits per heavy atom. The molecule has 4 heterocycles. The van der Waals surface area contributed by atoms with Crippen molar-refractivity contribution in [2.24, 2.45) is 0 Å². The molecule has 0 aliphatic carbocycles. The number of nitrogens with zero attached hydrogens (tertiary/aromatic N) is 8. The standard InChI is InChI=1S/C78H70N8O2/c1-51-29-31-53(3)73(37-51)85-49-83(75-39-55(5)57(7)41-77(75)85)63-19-15-23-67(45-63)87-65-21-13-17-61(43-65)81-47-79(69-25-9-11-27-71(69)81)59-33-35-60(36-34-59)80-48-82(72-28-12-10-26-70(72)80)62-18-14-22-66(44-62)88-68-24-16-20-64(46-68)84-50-86(74-38-52(2)30-32-54(74)4)78-42-58(8)56(6)40-76(78)84/h9-46H,47-50H2,1-8H3. The molecule has 0 N–H and O–H groups in total. The zero-order chi connectivity index (χ0) is 59.9. The minimum absolute atomic E-state index is 0.642. The Morgan fingerprint density at radius 2 is 0.477 bits per heavy atom. The molecule has 0 atom stereocenters. The van der Waals surface area contributed by atoms with Gasteiger partial charge in [-0.25, -0.2) is 0 Å². The van der Waals surface area contributed by atoms with Crippen LogP contribution in [-0.2, 0) is 0 Å². The van der Waals surface area contributed by atoms with Crippen LogP contribution in [0, 0.1) is 55.4 Å². The third-order valence-corrected chi connectivity index (χ3v) is 18.2. The lowest BCUT2D eigenvalue weighted by atomic mass is 10.1. The first-order valence-corrected chi connectivity index (χ1v) is 30.5. The zero-order valence-electron chi connectivity index (χ0n) is 51.2. The number of benzene rings is 11. The maximum absolute atomic E-state index is 6.76. The van der Waals surface area contributed by atoms with Crippen LogP contribution in [0.4, 0.5) is 91.0 Å². The van der Waals surface area contributed by atoms with Gasteiger partial charge in [-0.15, -0.1) is 0 Å². The van der Waals surface area contributed by atoms with Crippen LogP contribution in [0.2, 0.25) is 0 Å². The lowest BCUT2D eigenvalue weighted by molar-refractivity contribution is 0.482. The molecule has 0 unspecified atom stereocenters. The first-order chi connectivity index (χ1) is 42.8. The average Bonchev–Trinajstić information content (AvgIpc) is 2.48. The smallest absolute Gasteiger partial charge is 0.129 e. The van der Waals surface area contributed by atoms with E-state index >= 15 is 0 Å². The van der Waals surface area contributed by atoms with E-state index in [-0.39, 0.29) is 0 Å². The molecule has 434 valence electrons. The molecular formula is C78H70N8O2. The Balaban J connectivity index is 0.643. The molecule has 0 aromatic heterocycles. The molecule has 4 aliphatic heterocycles. The van der Waals surface area contributed by atoms with Crippen LogP contribution in [0.15, 0.2) is 231 Å². The van der Waals surface area contributed by atoms with Gasteiger partial charge >= 0.3 is 0 Å². The monoisotopic (exact) mass is 1150 g/mol. The Bertz CT molecular complexity index is 4250. The third-order valence-electron chi connectivity index (χ3n) is 18.2. The Morgan fingerprint density at radius 3 is 0.795 bits per heavy atom. The van der Waals surface area contributed by atoms with Crippen LogP contribution in [0.1, 0.15) is 44.5 Å². The van der Waals surface area contributed by atoms with Gasteiger partial charge in [-0.2, -0.15) is 0 Å². The van der Waals surface area contributed by atoms with E-state index in [0.29, 0.717) is 26.7 Å². The number of fused-ring (bicyclic) bond motifs is 4. The fraction of sp³-hybridized carbons (Fsp3) is 0.154. The van der Waals surface area contributed by atoms with Crippen molar-refractivity contribution in [3.8, 4) is 23.0 Å². The minimum atomic E-state index is 0.642. The second kappa shape index (κ2) is 21.7. The summed E-state index contributed by atoms with van der Waals surface area (Å²) >= 11 is 0. The molecule has 0 amide bonds. The van der Waals surface area contributed by atoms with Gasteiger partial charge in [0.1, 0.15) is 49.7 Å². The van der Waals surface area contributed by atoms with Crippen molar-refractivity contribution >= 4 is 91.0 Å². The quantitative estimate of drug-likeness (QED) is 0.118. The number of hydrogen-bond acceptors (Lipinski definition) is 10. The average molecular weight is 1150 g/mol. The van der Waals surface area contributed by atoms with Crippen LogP contribution in [0.5, 0.6) is 23.0 Å². The van der Waals surface area contributed by atoms with Crippen molar-refractivity contribution in [3.05, 3.63) is 275 Å². The molecule has 11 aromatic carbocycles. The topological polar surface area (TPSA) is 44.4 Å². The SMILES string of the molecule is Cc1ccc(C)c(N2CN(c3cccc(Oc4cccc(N5CN(c6ccc(N7CN(c8cccc(Oc9cccc(N%10CN(c%11cc(C)ccc%11C)c%11cc(C)c(C)cc%11%10)c9)c8)c8ccccc87)cc6)c6ccccc65)c4)c3)c3cc(C)c(C)cc32)c1. The van der Waals surface area contributed by atoms with Crippen LogP contribution >= 0.6 is 0 Å². The van der Waals surface area contributed by atoms with Crippen molar-refractivity contribution in [2.75, 3.05) is 65.9 Å². The fourth-order valence-electron chi connectivity index (χ4n) is 13.2. The van der Waals surface area contributed by atoms with Crippen LogP contribution < -0.4 is 48.7 Å². The number of rotatable bonds is 12. The second-order valence-corrected chi connectivity index (χ2v) is 24.1. The van der Waals surface area contributed by atoms with E-state index in [9.17, 15) is 0 Å². The first kappa shape index (κ1) is 54.1. The zero-order valence-corrected chi connectivity index (χ0v) is 51.2. The van der Waals surface area contributed by atoms with Crippen molar-refractivity contribution in [1.82, 2.24) is 0 Å². The molecule has 0 spiro atoms. The van der Waals surface area contributed by atoms with Gasteiger partial charge in [0.2, 0.25) is 0 Å². The van der Waals surface area contributed by atoms with Gasteiger partial charge < -0.3 is 48.7 Å². The highest BCUT2D eigenvalue weighted by atomic mass is 16.5. The predicted molar refractivity (Wildman–Crippen MR) is 365 cm³/mol. The fourth-order valence-corrected chi connectivity index (χ4v) is 13.2. The highest BCUT2D eigenvalue weighted by Gasteiger charge is 2.34. The number of anilines is 16. The van der Waals surface area contributed by atoms with E-state index in [1.807, 2.05) is 12.1 Å². The van der Waals surface area contributed by atoms with E-state index in [1.165, 1.54) is 78.6 Å². The summed E-state index contributed by atoms with van der Waals surface area (Å²) in [4.78, 5) is 19.2. The normalized spacial score (nSPS) is 14.0. The highest BCUT2D eigenvalue weighted by molar-refractivity contribution is 5.93. The molecular weight excluding hydrogens is 1080 g/mol. The maximum atomic E-state index is 6.76. The van der Waals surface area contributed by atoms with Crippen molar-refractivity contribution in [1.29, 1.82) is 0 Å². The van der Waals surface area contributed by atoms with E-state index in [2.05, 4.69) is 313 Å². The molecule has 10 nitrogen and oxygen atoms in total. The number of aryl methyl sites for hydroxylation is 8. The summed E-state index contributed by atoms with van der Waals surface area (Å²) in [7, 11) is 0. The minimum Gasteiger partial charge on any atom is -0.457 e. The van der Waals surface area contributed by atoms with Gasteiger partial charge in [0.15, 0.2) is 0 Å². The summed E-state index contributed by atoms with van der Waals surface area (Å²) in [6.45, 7) is 20.2.